The maximum Gasteiger partial charge on any atom is 0.264 e. The molecule has 0 radical (unpaired) electrons. The van der Waals surface area contributed by atoms with Crippen LogP contribution in [0.2, 0.25) is 0 Å². The topological polar surface area (TPSA) is 86.8 Å². The van der Waals surface area contributed by atoms with E-state index in [1.807, 2.05) is 38.1 Å². The van der Waals surface area contributed by atoms with Crippen molar-refractivity contribution < 1.29 is 18.0 Å². The summed E-state index contributed by atoms with van der Waals surface area (Å²) < 4.78 is 30.4. The third kappa shape index (κ3) is 8.40. The van der Waals surface area contributed by atoms with Crippen LogP contribution in [0.5, 0.6) is 0 Å². The highest BCUT2D eigenvalue weighted by Gasteiger charge is 2.32. The van der Waals surface area contributed by atoms with E-state index in [2.05, 4.69) is 37.2 Å². The predicted molar refractivity (Wildman–Crippen MR) is 162 cm³/mol. The van der Waals surface area contributed by atoms with E-state index >= 15 is 0 Å². The minimum Gasteiger partial charge on any atom is -0.354 e. The molecule has 0 aromatic heterocycles. The molecule has 0 fully saturated rings. The maximum atomic E-state index is 13.9. The first-order valence-corrected chi connectivity index (χ1v) is 15.7. The van der Waals surface area contributed by atoms with Crippen LogP contribution >= 0.6 is 31.9 Å². The first-order valence-electron chi connectivity index (χ1n) is 12.7. The molecule has 3 aromatic rings. The fraction of sp³-hybridized carbons (Fsp3) is 0.310. The standard InChI is InChI=1S/C29H33Br2N3O4S/c1-4-5-18-32-29(36)22(3)33(19-23-8-10-24(30)11-9-23)28(35)20-34(26-14-12-25(31)13-15-26)39(37,38)27-16-6-21(2)7-17-27/h6-17,22H,4-5,18-20H2,1-3H3,(H,32,36)/t22-/m1/s1. The van der Waals surface area contributed by atoms with E-state index in [1.54, 1.807) is 43.3 Å². The summed E-state index contributed by atoms with van der Waals surface area (Å²) in [7, 11) is -4.09. The summed E-state index contributed by atoms with van der Waals surface area (Å²) in [6, 6.07) is 19.9. The number of hydrogen-bond donors (Lipinski definition) is 1. The van der Waals surface area contributed by atoms with Crippen LogP contribution in [0.15, 0.2) is 86.6 Å². The van der Waals surface area contributed by atoms with E-state index in [4.69, 9.17) is 0 Å². The van der Waals surface area contributed by atoms with Crippen molar-refractivity contribution in [1.29, 1.82) is 0 Å². The van der Waals surface area contributed by atoms with E-state index in [-0.39, 0.29) is 17.3 Å². The Morgan fingerprint density at radius 1 is 0.897 bits per heavy atom. The van der Waals surface area contributed by atoms with Gasteiger partial charge in [0.05, 0.1) is 10.6 Å². The molecule has 0 unspecified atom stereocenters. The SMILES string of the molecule is CCCCNC(=O)[C@@H](C)N(Cc1ccc(Br)cc1)C(=O)CN(c1ccc(Br)cc1)S(=O)(=O)c1ccc(C)cc1. The second-order valence-electron chi connectivity index (χ2n) is 9.27. The number of carbonyl (C=O) groups is 2. The molecular formula is C29H33Br2N3O4S. The number of nitrogens with zero attached hydrogens (tertiary/aromatic N) is 2. The Kier molecular flexibility index (Phi) is 11.1. The third-order valence-electron chi connectivity index (χ3n) is 6.27. The zero-order valence-electron chi connectivity index (χ0n) is 22.2. The number of unbranched alkanes of at least 4 members (excludes halogenated alkanes) is 1. The largest absolute Gasteiger partial charge is 0.354 e. The minimum absolute atomic E-state index is 0.0774. The number of amides is 2. The number of nitrogens with one attached hydrogen (secondary N) is 1. The molecule has 3 rings (SSSR count). The molecule has 0 aliphatic rings. The number of anilines is 1. The normalized spacial score (nSPS) is 12.0. The van der Waals surface area contributed by atoms with Gasteiger partial charge < -0.3 is 10.2 Å². The summed E-state index contributed by atoms with van der Waals surface area (Å²) in [5.74, 6) is -0.778. The summed E-state index contributed by atoms with van der Waals surface area (Å²) in [6.45, 7) is 5.75. The van der Waals surface area contributed by atoms with Crippen LogP contribution in [0.3, 0.4) is 0 Å². The van der Waals surface area contributed by atoms with Gasteiger partial charge >= 0.3 is 0 Å². The molecule has 0 saturated carbocycles. The number of sulfonamides is 1. The van der Waals surface area contributed by atoms with E-state index < -0.39 is 28.5 Å². The number of carbonyl (C=O) groups excluding carboxylic acids is 2. The zero-order valence-corrected chi connectivity index (χ0v) is 26.2. The van der Waals surface area contributed by atoms with Crippen LogP contribution in [0, 0.1) is 6.92 Å². The van der Waals surface area contributed by atoms with E-state index in [1.165, 1.54) is 17.0 Å². The minimum atomic E-state index is -4.09. The summed E-state index contributed by atoms with van der Waals surface area (Å²) >= 11 is 6.80. The van der Waals surface area contributed by atoms with Crippen LogP contribution in [-0.2, 0) is 26.2 Å². The van der Waals surface area contributed by atoms with Crippen molar-refractivity contribution in [2.24, 2.45) is 0 Å². The Hall–Kier alpha value is -2.69. The van der Waals surface area contributed by atoms with Gasteiger partial charge in [-0.05, 0) is 74.4 Å². The van der Waals surface area contributed by atoms with Gasteiger partial charge in [-0.3, -0.25) is 13.9 Å². The Balaban J connectivity index is 1.98. The van der Waals surface area contributed by atoms with Gasteiger partial charge in [0.25, 0.3) is 10.0 Å². The Morgan fingerprint density at radius 3 is 2.03 bits per heavy atom. The second-order valence-corrected chi connectivity index (χ2v) is 13.0. The van der Waals surface area contributed by atoms with Gasteiger partial charge in [0.1, 0.15) is 12.6 Å². The molecule has 0 spiro atoms. The molecule has 1 atom stereocenters. The van der Waals surface area contributed by atoms with Crippen LogP contribution in [0.4, 0.5) is 5.69 Å². The molecule has 208 valence electrons. The van der Waals surface area contributed by atoms with Gasteiger partial charge in [0, 0.05) is 22.0 Å². The van der Waals surface area contributed by atoms with Gasteiger partial charge in [-0.15, -0.1) is 0 Å². The first kappa shape index (κ1) is 30.8. The van der Waals surface area contributed by atoms with Crippen molar-refractivity contribution in [2.75, 3.05) is 17.4 Å². The predicted octanol–water partition coefficient (Wildman–Crippen LogP) is 6.05. The summed E-state index contributed by atoms with van der Waals surface area (Å²) in [6.07, 6.45) is 1.75. The first-order chi connectivity index (χ1) is 18.5. The maximum absolute atomic E-state index is 13.9. The zero-order chi connectivity index (χ0) is 28.6. The second kappa shape index (κ2) is 14.1. The lowest BCUT2D eigenvalue weighted by molar-refractivity contribution is -0.139. The van der Waals surface area contributed by atoms with Gasteiger partial charge in [-0.2, -0.15) is 0 Å². The van der Waals surface area contributed by atoms with E-state index in [0.717, 1.165) is 37.2 Å². The van der Waals surface area contributed by atoms with Crippen LogP contribution < -0.4 is 9.62 Å². The fourth-order valence-corrected chi connectivity index (χ4v) is 5.82. The van der Waals surface area contributed by atoms with Gasteiger partial charge in [0.2, 0.25) is 11.8 Å². The molecule has 1 N–H and O–H groups in total. The molecule has 0 heterocycles. The summed E-state index contributed by atoms with van der Waals surface area (Å²) in [4.78, 5) is 28.4. The van der Waals surface area contributed by atoms with Crippen molar-refractivity contribution >= 4 is 59.4 Å². The Bertz CT molecular complexity index is 1360. The lowest BCUT2D eigenvalue weighted by Gasteiger charge is -2.32. The average molecular weight is 679 g/mol. The molecule has 0 saturated heterocycles. The van der Waals surface area contributed by atoms with E-state index in [9.17, 15) is 18.0 Å². The van der Waals surface area contributed by atoms with Crippen molar-refractivity contribution in [3.63, 3.8) is 0 Å². The Labute approximate surface area is 247 Å². The molecule has 0 aliphatic carbocycles. The van der Waals surface area contributed by atoms with Gasteiger partial charge in [0.15, 0.2) is 0 Å². The smallest absolute Gasteiger partial charge is 0.264 e. The fourth-order valence-electron chi connectivity index (χ4n) is 3.88. The lowest BCUT2D eigenvalue weighted by Crippen LogP contribution is -2.51. The third-order valence-corrected chi connectivity index (χ3v) is 9.11. The quantitative estimate of drug-likeness (QED) is 0.237. The number of rotatable bonds is 12. The van der Waals surface area contributed by atoms with Crippen molar-refractivity contribution in [3.05, 3.63) is 92.9 Å². The highest BCUT2D eigenvalue weighted by atomic mass is 79.9. The molecule has 7 nitrogen and oxygen atoms in total. The van der Waals surface area contributed by atoms with Crippen molar-refractivity contribution in [2.45, 2.75) is 51.1 Å². The van der Waals surface area contributed by atoms with E-state index in [0.29, 0.717) is 12.2 Å². The highest BCUT2D eigenvalue weighted by Crippen LogP contribution is 2.26. The van der Waals surface area contributed by atoms with Gasteiger partial charge in [-0.1, -0.05) is 75.0 Å². The van der Waals surface area contributed by atoms with Crippen molar-refractivity contribution in [1.82, 2.24) is 10.2 Å². The Morgan fingerprint density at radius 2 is 1.46 bits per heavy atom. The number of halogens is 2. The summed E-state index contributed by atoms with van der Waals surface area (Å²) in [5, 5.41) is 2.89. The molecule has 3 aromatic carbocycles. The molecule has 0 bridgehead atoms. The average Bonchev–Trinajstić information content (AvgIpc) is 2.91. The summed E-state index contributed by atoms with van der Waals surface area (Å²) in [5.41, 5.74) is 2.08. The molecular weight excluding hydrogens is 646 g/mol. The van der Waals surface area contributed by atoms with Crippen LogP contribution in [-0.4, -0.2) is 44.3 Å². The number of hydrogen-bond acceptors (Lipinski definition) is 4. The molecule has 0 aliphatic heterocycles. The number of aryl methyl sites for hydroxylation is 1. The molecule has 2 amide bonds. The number of benzene rings is 3. The van der Waals surface area contributed by atoms with Gasteiger partial charge in [-0.25, -0.2) is 8.42 Å². The molecule has 10 heteroatoms. The van der Waals surface area contributed by atoms with Crippen molar-refractivity contribution in [3.8, 4) is 0 Å². The van der Waals surface area contributed by atoms with Crippen LogP contribution in [0.25, 0.3) is 0 Å². The lowest BCUT2D eigenvalue weighted by atomic mass is 10.1. The molecule has 39 heavy (non-hydrogen) atoms. The monoisotopic (exact) mass is 677 g/mol. The highest BCUT2D eigenvalue weighted by molar-refractivity contribution is 9.10. The van der Waals surface area contributed by atoms with Crippen LogP contribution in [0.1, 0.15) is 37.8 Å².